The van der Waals surface area contributed by atoms with Crippen LogP contribution in [-0.2, 0) is 52.3 Å². The molecule has 0 saturated carbocycles. The number of aryl methyl sites for hydroxylation is 2. The molecule has 0 spiro atoms. The van der Waals surface area contributed by atoms with E-state index in [0.29, 0.717) is 33.0 Å². The molecular weight excluding hydrogens is 640 g/mol. The van der Waals surface area contributed by atoms with Crippen LogP contribution in [0.25, 0.3) is 0 Å². The van der Waals surface area contributed by atoms with E-state index in [1.165, 1.54) is 30.7 Å². The number of aliphatic hydroxyl groups is 1. The topological polar surface area (TPSA) is 153 Å². The highest BCUT2D eigenvalue weighted by atomic mass is 32.2. The molecule has 1 N–H and O–H groups in total. The van der Waals surface area contributed by atoms with Gasteiger partial charge in [-0.2, -0.15) is 16.8 Å². The van der Waals surface area contributed by atoms with Gasteiger partial charge in [-0.25, -0.2) is 0 Å². The number of ether oxygens (including phenoxy) is 5. The molecule has 0 fully saturated rings. The maximum atomic E-state index is 12.0. The summed E-state index contributed by atoms with van der Waals surface area (Å²) >= 11 is 0. The van der Waals surface area contributed by atoms with Crippen LogP contribution in [0.4, 0.5) is 0 Å². The van der Waals surface area contributed by atoms with Gasteiger partial charge < -0.3 is 28.8 Å². The number of benzene rings is 2. The van der Waals surface area contributed by atoms with E-state index in [0.717, 1.165) is 24.2 Å². The van der Waals surface area contributed by atoms with E-state index in [2.05, 4.69) is 20.8 Å². The van der Waals surface area contributed by atoms with E-state index in [9.17, 15) is 16.8 Å². The minimum atomic E-state index is -3.79. The first-order valence-corrected chi connectivity index (χ1v) is 18.3. The van der Waals surface area contributed by atoms with Crippen molar-refractivity contribution in [2.45, 2.75) is 57.3 Å². The van der Waals surface area contributed by atoms with Crippen LogP contribution in [0.3, 0.4) is 0 Å². The monoisotopic (exact) mass is 694 g/mol. The summed E-state index contributed by atoms with van der Waals surface area (Å²) < 4.78 is 83.8. The van der Waals surface area contributed by atoms with Crippen LogP contribution in [0.2, 0.25) is 0 Å². The van der Waals surface area contributed by atoms with Gasteiger partial charge >= 0.3 is 0 Å². The summed E-state index contributed by atoms with van der Waals surface area (Å²) in [6.45, 7) is 13.7. The van der Waals surface area contributed by atoms with E-state index in [4.69, 9.17) is 37.2 Å². The summed E-state index contributed by atoms with van der Waals surface area (Å²) in [6.07, 6.45) is 2.29. The number of rotatable bonds is 23. The highest BCUT2D eigenvalue weighted by Crippen LogP contribution is 2.14. The number of hydrogen-bond acceptors (Lipinski definition) is 12. The van der Waals surface area contributed by atoms with Crippen molar-refractivity contribution in [3.63, 3.8) is 0 Å². The van der Waals surface area contributed by atoms with Crippen molar-refractivity contribution >= 4 is 20.2 Å². The van der Waals surface area contributed by atoms with Crippen molar-refractivity contribution in [1.82, 2.24) is 0 Å². The zero-order chi connectivity index (χ0) is 34.5. The van der Waals surface area contributed by atoms with Gasteiger partial charge in [0.1, 0.15) is 0 Å². The Morgan fingerprint density at radius 3 is 1.07 bits per heavy atom. The smallest absolute Gasteiger partial charge is 0.297 e. The second-order valence-corrected chi connectivity index (χ2v) is 12.9. The minimum absolute atomic E-state index is 0.0910. The normalized spacial score (nSPS) is 11.3. The average Bonchev–Trinajstić information content (AvgIpc) is 3.02. The lowest BCUT2D eigenvalue weighted by Gasteiger charge is -2.08. The first-order valence-electron chi connectivity index (χ1n) is 15.5. The molecule has 0 radical (unpaired) electrons. The van der Waals surface area contributed by atoms with Crippen molar-refractivity contribution in [3.05, 3.63) is 59.7 Å². The summed E-state index contributed by atoms with van der Waals surface area (Å²) in [6, 6.07) is 12.8. The summed E-state index contributed by atoms with van der Waals surface area (Å²) in [5.41, 5.74) is 1.92. The molecule has 46 heavy (non-hydrogen) atoms. The zero-order valence-corrected chi connectivity index (χ0v) is 29.6. The van der Waals surface area contributed by atoms with Crippen LogP contribution in [0, 0.1) is 13.8 Å². The van der Waals surface area contributed by atoms with E-state index in [1.807, 2.05) is 13.8 Å². The molecule has 0 amide bonds. The predicted molar refractivity (Wildman–Crippen MR) is 176 cm³/mol. The summed E-state index contributed by atoms with van der Waals surface area (Å²) in [4.78, 5) is 0.212. The molecule has 2 rings (SSSR count). The maximum Gasteiger partial charge on any atom is 0.297 e. The predicted octanol–water partition coefficient (Wildman–Crippen LogP) is 4.30. The Morgan fingerprint density at radius 2 is 0.761 bits per heavy atom. The van der Waals surface area contributed by atoms with Gasteiger partial charge in [-0.05, 0) is 44.5 Å². The second kappa shape index (κ2) is 28.1. The summed E-state index contributed by atoms with van der Waals surface area (Å²) in [5, 5.41) is 8.30. The molecule has 12 nitrogen and oxygen atoms in total. The first kappa shape index (κ1) is 44.0. The highest BCUT2D eigenvalue weighted by Gasteiger charge is 2.15. The molecule has 0 aromatic heterocycles. The average molecular weight is 695 g/mol. The summed E-state index contributed by atoms with van der Waals surface area (Å²) in [7, 11) is -7.58. The zero-order valence-electron chi connectivity index (χ0n) is 28.0. The fourth-order valence-electron chi connectivity index (χ4n) is 3.02. The first-order chi connectivity index (χ1) is 22.0. The molecule has 0 bridgehead atoms. The largest absolute Gasteiger partial charge is 0.394 e. The molecule has 0 aliphatic carbocycles. The van der Waals surface area contributed by atoms with Crippen molar-refractivity contribution in [1.29, 1.82) is 0 Å². The Bertz CT molecular complexity index is 1090. The van der Waals surface area contributed by atoms with Gasteiger partial charge in [0.2, 0.25) is 0 Å². The van der Waals surface area contributed by atoms with Crippen molar-refractivity contribution < 1.29 is 54.0 Å². The van der Waals surface area contributed by atoms with Crippen LogP contribution < -0.4 is 0 Å². The van der Waals surface area contributed by atoms with Crippen molar-refractivity contribution in [2.24, 2.45) is 0 Å². The van der Waals surface area contributed by atoms with Gasteiger partial charge in [0.05, 0.1) is 89.1 Å². The highest BCUT2D eigenvalue weighted by molar-refractivity contribution is 7.87. The van der Waals surface area contributed by atoms with Gasteiger partial charge in [0, 0.05) is 6.61 Å². The Labute approximate surface area is 276 Å². The van der Waals surface area contributed by atoms with Crippen LogP contribution in [0.5, 0.6) is 0 Å². The lowest BCUT2D eigenvalue weighted by molar-refractivity contribution is 0.00558. The second-order valence-electron chi connectivity index (χ2n) is 9.67. The van der Waals surface area contributed by atoms with E-state index < -0.39 is 20.2 Å². The molecule has 2 aromatic carbocycles. The van der Waals surface area contributed by atoms with Gasteiger partial charge in [-0.15, -0.1) is 0 Å². The third kappa shape index (κ3) is 23.4. The Kier molecular flexibility index (Phi) is 26.9. The lowest BCUT2D eigenvalue weighted by Crippen LogP contribution is -2.15. The SMILES string of the molecule is CCC.CCCOCCOCCO.Cc1ccc(S(=O)(=O)OCCOCCOCCOCCOS(=O)(=O)c2ccc(C)cc2)cc1. The third-order valence-corrected chi connectivity index (χ3v) is 7.90. The molecule has 266 valence electrons. The third-order valence-electron chi connectivity index (χ3n) is 5.25. The molecule has 0 unspecified atom stereocenters. The van der Waals surface area contributed by atoms with Crippen LogP contribution in [-0.4, -0.2) is 108 Å². The Balaban J connectivity index is 0.00000131. The van der Waals surface area contributed by atoms with E-state index in [1.54, 1.807) is 24.3 Å². The lowest BCUT2D eigenvalue weighted by atomic mass is 10.2. The van der Waals surface area contributed by atoms with Gasteiger partial charge in [-0.3, -0.25) is 8.37 Å². The molecular formula is C32H54O12S2. The molecule has 2 aromatic rings. The van der Waals surface area contributed by atoms with Gasteiger partial charge in [0.15, 0.2) is 0 Å². The van der Waals surface area contributed by atoms with Gasteiger partial charge in [0.25, 0.3) is 20.2 Å². The molecule has 0 aliphatic rings. The maximum absolute atomic E-state index is 12.0. The minimum Gasteiger partial charge on any atom is -0.394 e. The van der Waals surface area contributed by atoms with Crippen LogP contribution in [0.1, 0.15) is 44.7 Å². The molecule has 0 heterocycles. The standard InChI is InChI=1S/C22H30O9S2.C7H16O3.C3H8/c1-19-3-7-21(8-4-19)32(23,24)30-17-15-28-13-11-27-12-14-29-16-18-31-33(25,26)22-9-5-20(2)6-10-22;1-2-4-9-6-7-10-5-3-8;1-3-2/h3-10H,11-18H2,1-2H3;8H,2-7H2,1H3;3H2,1-2H3. The van der Waals surface area contributed by atoms with Crippen LogP contribution in [0.15, 0.2) is 58.3 Å². The summed E-state index contributed by atoms with van der Waals surface area (Å²) in [5.74, 6) is 0. The van der Waals surface area contributed by atoms with Crippen LogP contribution >= 0.6 is 0 Å². The molecule has 0 atom stereocenters. The Morgan fingerprint density at radius 1 is 0.478 bits per heavy atom. The molecule has 0 aliphatic heterocycles. The fourth-order valence-corrected chi connectivity index (χ4v) is 4.81. The van der Waals surface area contributed by atoms with E-state index >= 15 is 0 Å². The quantitative estimate of drug-likeness (QED) is 0.130. The van der Waals surface area contributed by atoms with Crippen molar-refractivity contribution in [3.8, 4) is 0 Å². The molecule has 0 saturated heterocycles. The van der Waals surface area contributed by atoms with Crippen molar-refractivity contribution in [2.75, 3.05) is 85.9 Å². The van der Waals surface area contributed by atoms with Gasteiger partial charge in [-0.1, -0.05) is 62.6 Å². The Hall–Kier alpha value is -1.98. The number of aliphatic hydroxyl groups excluding tert-OH is 1. The van der Waals surface area contributed by atoms with E-state index in [-0.39, 0.29) is 56.0 Å². The fraction of sp³-hybridized carbons (Fsp3) is 0.625. The molecule has 14 heteroatoms. The number of hydrogen-bond donors (Lipinski definition) is 1.